The van der Waals surface area contributed by atoms with E-state index in [4.69, 9.17) is 0 Å². The zero-order valence-corrected chi connectivity index (χ0v) is 23.5. The van der Waals surface area contributed by atoms with E-state index in [0.717, 1.165) is 5.56 Å². The predicted octanol–water partition coefficient (Wildman–Crippen LogP) is 6.04. The average Bonchev–Trinajstić information content (AvgIpc) is 3.71. The third-order valence-electron chi connectivity index (χ3n) is 8.13. The quantitative estimate of drug-likeness (QED) is 0.211. The number of halogens is 2. The third-order valence-corrected chi connectivity index (χ3v) is 8.13. The number of carbonyl (C=O) groups excluding carboxylic acids is 1. The van der Waals surface area contributed by atoms with Crippen LogP contribution in [0.15, 0.2) is 70.7 Å². The number of benzene rings is 2. The SMILES string of the molecule is C=NC=N/C(=C\C)c1cc(C(=O)N2CC(F)c3ccccc3[C@H]2C)nc2cc(-c3ccc([C@H]4C[C@@H]4C(=O)O)cc3F)nn12. The zero-order valence-electron chi connectivity index (χ0n) is 23.5. The van der Waals surface area contributed by atoms with Gasteiger partial charge in [-0.05, 0) is 67.8 Å². The number of allylic oxidation sites excluding steroid dienone is 1. The number of carboxylic acids is 1. The fourth-order valence-corrected chi connectivity index (χ4v) is 5.78. The summed E-state index contributed by atoms with van der Waals surface area (Å²) in [5, 5.41) is 13.8. The number of hydrogen-bond donors (Lipinski definition) is 1. The fraction of sp³-hybridized carbons (Fsp3) is 0.250. The maximum absolute atomic E-state index is 15.4. The summed E-state index contributed by atoms with van der Waals surface area (Å²) in [7, 11) is 0. The summed E-state index contributed by atoms with van der Waals surface area (Å²) < 4.78 is 32.0. The van der Waals surface area contributed by atoms with Crippen molar-refractivity contribution in [3.63, 3.8) is 0 Å². The van der Waals surface area contributed by atoms with Crippen LogP contribution in [-0.2, 0) is 4.79 Å². The predicted molar refractivity (Wildman–Crippen MR) is 158 cm³/mol. The van der Waals surface area contributed by atoms with Gasteiger partial charge in [0.2, 0.25) is 0 Å². The Kier molecular flexibility index (Phi) is 7.17. The molecule has 4 atom stereocenters. The topological polar surface area (TPSA) is 113 Å². The van der Waals surface area contributed by atoms with Crippen molar-refractivity contribution in [2.24, 2.45) is 15.9 Å². The first-order chi connectivity index (χ1) is 20.7. The van der Waals surface area contributed by atoms with Crippen molar-refractivity contribution < 1.29 is 23.5 Å². The number of rotatable bonds is 7. The molecule has 11 heteroatoms. The summed E-state index contributed by atoms with van der Waals surface area (Å²) in [6, 6.07) is 14.5. The van der Waals surface area contributed by atoms with Crippen LogP contribution in [0, 0.1) is 11.7 Å². The van der Waals surface area contributed by atoms with E-state index in [0.29, 0.717) is 28.9 Å². The molecule has 1 saturated carbocycles. The van der Waals surface area contributed by atoms with E-state index in [1.165, 1.54) is 27.9 Å². The van der Waals surface area contributed by atoms with Crippen LogP contribution in [0.5, 0.6) is 0 Å². The Bertz CT molecular complexity index is 1850. The monoisotopic (exact) mass is 582 g/mol. The van der Waals surface area contributed by atoms with Gasteiger partial charge in [0.05, 0.1) is 35.6 Å². The Hall–Kier alpha value is -5.06. The highest BCUT2D eigenvalue weighted by Crippen LogP contribution is 2.48. The molecule has 218 valence electrons. The van der Waals surface area contributed by atoms with Crippen LogP contribution >= 0.6 is 0 Å². The standard InChI is InChI=1S/C32H28F2N6O3/c1-4-26(36-16-35-3)29-13-28(31(41)39-15-25(34)20-8-6-5-7-19(20)17(39)2)37-30-14-27(38-40(29)30)21-10-9-18(11-24(21)33)22-12-23(22)32(42)43/h4-11,13-14,16-17,22-23,25H,3,12,15H2,1-2H3,(H,42,43)/b26-4-,36-16?/t17-,22-,23+,25?/m1/s1. The number of fused-ring (bicyclic) bond motifs is 2. The van der Waals surface area contributed by atoms with Crippen molar-refractivity contribution in [2.45, 2.75) is 38.4 Å². The maximum atomic E-state index is 15.4. The highest BCUT2D eigenvalue weighted by Gasteiger charge is 2.44. The summed E-state index contributed by atoms with van der Waals surface area (Å²) >= 11 is 0. The Morgan fingerprint density at radius 3 is 2.58 bits per heavy atom. The van der Waals surface area contributed by atoms with Gasteiger partial charge in [-0.15, -0.1) is 0 Å². The Labute approximate surface area is 245 Å². The van der Waals surface area contributed by atoms with Crippen LogP contribution in [-0.4, -0.2) is 56.1 Å². The smallest absolute Gasteiger partial charge is 0.307 e. The van der Waals surface area contributed by atoms with Crippen molar-refractivity contribution in [1.29, 1.82) is 0 Å². The summed E-state index contributed by atoms with van der Waals surface area (Å²) in [6.07, 6.45) is 2.09. The average molecular weight is 583 g/mol. The fourth-order valence-electron chi connectivity index (χ4n) is 5.78. The molecule has 1 aliphatic heterocycles. The maximum Gasteiger partial charge on any atom is 0.307 e. The van der Waals surface area contributed by atoms with Gasteiger partial charge in [0.15, 0.2) is 5.65 Å². The van der Waals surface area contributed by atoms with Gasteiger partial charge in [0, 0.05) is 11.6 Å². The Morgan fingerprint density at radius 1 is 1.14 bits per heavy atom. The number of amides is 1. The molecule has 43 heavy (non-hydrogen) atoms. The molecule has 2 aromatic heterocycles. The number of aliphatic imine (C=N–C) groups is 2. The van der Waals surface area contributed by atoms with Gasteiger partial charge in [0.1, 0.15) is 24.0 Å². The van der Waals surface area contributed by atoms with E-state index < -0.39 is 29.8 Å². The molecule has 1 amide bonds. The summed E-state index contributed by atoms with van der Waals surface area (Å²) in [4.78, 5) is 39.2. The molecular formula is C32H28F2N6O3. The van der Waals surface area contributed by atoms with Crippen molar-refractivity contribution in [1.82, 2.24) is 19.5 Å². The van der Waals surface area contributed by atoms with E-state index in [9.17, 15) is 14.7 Å². The number of aliphatic carboxylic acids is 1. The molecule has 3 heterocycles. The number of alkyl halides is 1. The Balaban J connectivity index is 1.42. The lowest BCUT2D eigenvalue weighted by Gasteiger charge is -2.36. The van der Waals surface area contributed by atoms with Crippen LogP contribution in [0.25, 0.3) is 22.6 Å². The molecule has 0 spiro atoms. The summed E-state index contributed by atoms with van der Waals surface area (Å²) in [6.45, 7) is 6.90. The molecule has 1 fully saturated rings. The van der Waals surface area contributed by atoms with Crippen LogP contribution in [0.4, 0.5) is 8.78 Å². The normalized spacial score (nSPS) is 21.7. The van der Waals surface area contributed by atoms with Crippen molar-refractivity contribution in [2.75, 3.05) is 6.54 Å². The first-order valence-electron chi connectivity index (χ1n) is 13.8. The van der Waals surface area contributed by atoms with Gasteiger partial charge < -0.3 is 10.0 Å². The molecule has 2 aromatic carbocycles. The highest BCUT2D eigenvalue weighted by atomic mass is 19.1. The van der Waals surface area contributed by atoms with E-state index in [1.807, 2.05) is 19.1 Å². The second-order valence-corrected chi connectivity index (χ2v) is 10.7. The van der Waals surface area contributed by atoms with Gasteiger partial charge in [-0.2, -0.15) is 5.10 Å². The summed E-state index contributed by atoms with van der Waals surface area (Å²) in [5.74, 6) is -2.63. The highest BCUT2D eigenvalue weighted by molar-refractivity contribution is 5.94. The number of carboxylic acid groups (broad SMARTS) is 1. The van der Waals surface area contributed by atoms with E-state index in [2.05, 4.69) is 26.8 Å². The lowest BCUT2D eigenvalue weighted by molar-refractivity contribution is -0.138. The number of nitrogens with zero attached hydrogens (tertiary/aromatic N) is 6. The van der Waals surface area contributed by atoms with E-state index >= 15 is 8.78 Å². The third kappa shape index (κ3) is 5.00. The molecule has 1 unspecified atom stereocenters. The molecule has 2 aliphatic rings. The molecule has 1 N–H and O–H groups in total. The van der Waals surface area contributed by atoms with E-state index in [1.54, 1.807) is 43.3 Å². The van der Waals surface area contributed by atoms with Crippen LogP contribution in [0.3, 0.4) is 0 Å². The van der Waals surface area contributed by atoms with E-state index in [-0.39, 0.29) is 41.1 Å². The van der Waals surface area contributed by atoms with Crippen LogP contribution in [0.2, 0.25) is 0 Å². The molecule has 4 aromatic rings. The number of aromatic nitrogens is 3. The molecule has 0 radical (unpaired) electrons. The van der Waals surface area contributed by atoms with Crippen molar-refractivity contribution in [3.05, 3.63) is 94.6 Å². The van der Waals surface area contributed by atoms with Crippen LogP contribution in [0.1, 0.15) is 71.3 Å². The minimum Gasteiger partial charge on any atom is -0.481 e. The number of hydrogen-bond acceptors (Lipinski definition) is 5. The molecule has 9 nitrogen and oxygen atoms in total. The number of carbonyl (C=O) groups is 2. The minimum atomic E-state index is -1.34. The minimum absolute atomic E-state index is 0.0535. The van der Waals surface area contributed by atoms with Gasteiger partial charge in [-0.3, -0.25) is 14.6 Å². The van der Waals surface area contributed by atoms with Gasteiger partial charge in [0.25, 0.3) is 5.91 Å². The van der Waals surface area contributed by atoms with Gasteiger partial charge >= 0.3 is 5.97 Å². The lowest BCUT2D eigenvalue weighted by atomic mass is 9.92. The largest absolute Gasteiger partial charge is 0.481 e. The molecule has 6 rings (SSSR count). The molecule has 1 aliphatic carbocycles. The van der Waals surface area contributed by atoms with Crippen LogP contribution < -0.4 is 0 Å². The first kappa shape index (κ1) is 28.1. The Morgan fingerprint density at radius 2 is 1.91 bits per heavy atom. The first-order valence-corrected chi connectivity index (χ1v) is 13.8. The van der Waals surface area contributed by atoms with Crippen molar-refractivity contribution in [3.8, 4) is 11.3 Å². The van der Waals surface area contributed by atoms with Crippen molar-refractivity contribution >= 4 is 36.3 Å². The molecule has 0 bridgehead atoms. The van der Waals surface area contributed by atoms with Gasteiger partial charge in [-0.25, -0.2) is 23.3 Å². The lowest BCUT2D eigenvalue weighted by Crippen LogP contribution is -2.40. The molecular weight excluding hydrogens is 554 g/mol. The second-order valence-electron chi connectivity index (χ2n) is 10.7. The second kappa shape index (κ2) is 11.0. The zero-order chi connectivity index (χ0) is 30.4. The molecule has 0 saturated heterocycles. The van der Waals surface area contributed by atoms with Gasteiger partial charge in [-0.1, -0.05) is 36.4 Å². The summed E-state index contributed by atoms with van der Waals surface area (Å²) in [5.41, 5.74) is 3.50.